The van der Waals surface area contributed by atoms with Gasteiger partial charge in [-0.05, 0) is 36.2 Å². The fourth-order valence-corrected chi connectivity index (χ4v) is 2.45. The number of rotatable bonds is 4. The minimum Gasteiger partial charge on any atom is -0.271 e. The molecule has 1 unspecified atom stereocenters. The average Bonchev–Trinajstić information content (AvgIpc) is 2.43. The molecule has 2 aromatic carbocycles. The number of nitrogens with one attached hydrogen (secondary N) is 1. The zero-order chi connectivity index (χ0) is 15.6. The first-order chi connectivity index (χ1) is 9.92. The van der Waals surface area contributed by atoms with Gasteiger partial charge in [0.1, 0.15) is 17.5 Å². The molecule has 7 heteroatoms. The average molecular weight is 380 g/mol. The molecule has 0 aliphatic carbocycles. The van der Waals surface area contributed by atoms with Crippen LogP contribution in [0.1, 0.15) is 17.2 Å². The van der Waals surface area contributed by atoms with Crippen LogP contribution in [0.2, 0.25) is 5.02 Å². The molecule has 2 rings (SSSR count). The van der Waals surface area contributed by atoms with Crippen molar-refractivity contribution in [2.24, 2.45) is 5.84 Å². The third kappa shape index (κ3) is 3.77. The Bertz CT molecular complexity index is 667. The number of benzene rings is 2. The molecule has 21 heavy (non-hydrogen) atoms. The summed E-state index contributed by atoms with van der Waals surface area (Å²) in [5, 5.41) is -0.318. The quantitative estimate of drug-likeness (QED) is 0.473. The molecular weight excluding hydrogens is 369 g/mol. The second-order valence-electron chi connectivity index (χ2n) is 4.45. The molecule has 0 aliphatic heterocycles. The third-order valence-corrected chi connectivity index (χ3v) is 3.84. The summed E-state index contributed by atoms with van der Waals surface area (Å²) in [6.45, 7) is 0. The van der Waals surface area contributed by atoms with Crippen LogP contribution in [0.25, 0.3) is 0 Å². The maximum Gasteiger partial charge on any atom is 0.142 e. The van der Waals surface area contributed by atoms with Crippen LogP contribution in [-0.4, -0.2) is 0 Å². The molecule has 0 radical (unpaired) electrons. The van der Waals surface area contributed by atoms with Crippen molar-refractivity contribution in [3.63, 3.8) is 0 Å². The first kappa shape index (κ1) is 16.3. The van der Waals surface area contributed by atoms with E-state index < -0.39 is 23.5 Å². The molecule has 0 fully saturated rings. The lowest BCUT2D eigenvalue weighted by atomic mass is 9.98. The van der Waals surface area contributed by atoms with Gasteiger partial charge in [-0.15, -0.1) is 0 Å². The summed E-state index contributed by atoms with van der Waals surface area (Å²) < 4.78 is 41.8. The van der Waals surface area contributed by atoms with Crippen LogP contribution >= 0.6 is 27.5 Å². The Morgan fingerprint density at radius 3 is 2.43 bits per heavy atom. The minimum atomic E-state index is -0.785. The Balaban J connectivity index is 2.34. The van der Waals surface area contributed by atoms with Crippen molar-refractivity contribution in [3.05, 3.63) is 68.4 Å². The van der Waals surface area contributed by atoms with E-state index in [1.54, 1.807) is 12.1 Å². The smallest absolute Gasteiger partial charge is 0.142 e. The first-order valence-corrected chi connectivity index (χ1v) is 7.14. The van der Waals surface area contributed by atoms with E-state index in [0.717, 1.165) is 12.1 Å². The Labute approximate surface area is 133 Å². The van der Waals surface area contributed by atoms with Crippen molar-refractivity contribution in [3.8, 4) is 0 Å². The first-order valence-electron chi connectivity index (χ1n) is 5.97. The summed E-state index contributed by atoms with van der Waals surface area (Å²) in [5.41, 5.74) is 2.69. The maximum absolute atomic E-state index is 13.9. The highest BCUT2D eigenvalue weighted by atomic mass is 79.9. The molecule has 3 N–H and O–H groups in total. The van der Waals surface area contributed by atoms with Gasteiger partial charge in [-0.2, -0.15) is 0 Å². The van der Waals surface area contributed by atoms with Crippen molar-refractivity contribution in [1.82, 2.24) is 5.43 Å². The van der Waals surface area contributed by atoms with Crippen molar-refractivity contribution in [2.45, 2.75) is 12.5 Å². The van der Waals surface area contributed by atoms with E-state index in [-0.39, 0.29) is 17.0 Å². The van der Waals surface area contributed by atoms with Gasteiger partial charge in [0.2, 0.25) is 0 Å². The second-order valence-corrected chi connectivity index (χ2v) is 5.77. The van der Waals surface area contributed by atoms with Gasteiger partial charge in [0.15, 0.2) is 0 Å². The highest BCUT2D eigenvalue weighted by Gasteiger charge is 2.19. The minimum absolute atomic E-state index is 0.0123. The van der Waals surface area contributed by atoms with E-state index in [4.69, 9.17) is 17.4 Å². The van der Waals surface area contributed by atoms with Crippen molar-refractivity contribution < 1.29 is 13.2 Å². The SMILES string of the molecule is NNC(Cc1ccc(Br)cc1F)c1cc(F)c(Cl)cc1F. The summed E-state index contributed by atoms with van der Waals surface area (Å²) in [5.74, 6) is 3.46. The monoisotopic (exact) mass is 378 g/mol. The predicted molar refractivity (Wildman–Crippen MR) is 79.2 cm³/mol. The zero-order valence-electron chi connectivity index (χ0n) is 10.6. The van der Waals surface area contributed by atoms with Crippen LogP contribution in [0.15, 0.2) is 34.8 Å². The van der Waals surface area contributed by atoms with Gasteiger partial charge in [0.25, 0.3) is 0 Å². The normalized spacial score (nSPS) is 12.5. The van der Waals surface area contributed by atoms with Gasteiger partial charge < -0.3 is 0 Å². The van der Waals surface area contributed by atoms with E-state index in [1.165, 1.54) is 6.07 Å². The third-order valence-electron chi connectivity index (χ3n) is 3.06. The van der Waals surface area contributed by atoms with Gasteiger partial charge in [0.05, 0.1) is 11.1 Å². The fourth-order valence-electron chi connectivity index (χ4n) is 1.97. The molecule has 2 nitrogen and oxygen atoms in total. The van der Waals surface area contributed by atoms with Crippen LogP contribution in [-0.2, 0) is 6.42 Å². The largest absolute Gasteiger partial charge is 0.271 e. The van der Waals surface area contributed by atoms with Crippen LogP contribution in [0, 0.1) is 17.5 Å². The molecule has 0 aliphatic rings. The summed E-state index contributed by atoms with van der Waals surface area (Å²) >= 11 is 8.65. The van der Waals surface area contributed by atoms with Crippen molar-refractivity contribution in [1.29, 1.82) is 0 Å². The summed E-state index contributed by atoms with van der Waals surface area (Å²) in [6.07, 6.45) is 0.0631. The van der Waals surface area contributed by atoms with E-state index in [9.17, 15) is 13.2 Å². The topological polar surface area (TPSA) is 38.0 Å². The molecule has 112 valence electrons. The molecule has 0 bridgehead atoms. The molecule has 0 spiro atoms. The predicted octanol–water partition coefficient (Wildman–Crippen LogP) is 4.27. The van der Waals surface area contributed by atoms with Crippen LogP contribution in [0.4, 0.5) is 13.2 Å². The van der Waals surface area contributed by atoms with Gasteiger partial charge in [0, 0.05) is 10.0 Å². The highest BCUT2D eigenvalue weighted by molar-refractivity contribution is 9.10. The van der Waals surface area contributed by atoms with Crippen LogP contribution in [0.5, 0.6) is 0 Å². The second kappa shape index (κ2) is 6.79. The molecule has 2 aromatic rings. The van der Waals surface area contributed by atoms with Crippen molar-refractivity contribution >= 4 is 27.5 Å². The molecular formula is C14H11BrClF3N2. The van der Waals surface area contributed by atoms with E-state index in [2.05, 4.69) is 21.4 Å². The molecule has 0 saturated carbocycles. The Morgan fingerprint density at radius 2 is 1.81 bits per heavy atom. The molecule has 0 amide bonds. The Hall–Kier alpha value is -1.08. The zero-order valence-corrected chi connectivity index (χ0v) is 13.0. The maximum atomic E-state index is 13.9. The number of nitrogens with two attached hydrogens (primary N) is 1. The molecule has 0 aromatic heterocycles. The lowest BCUT2D eigenvalue weighted by molar-refractivity contribution is 0.492. The Kier molecular flexibility index (Phi) is 5.27. The summed E-state index contributed by atoms with van der Waals surface area (Å²) in [6, 6.07) is 5.54. The lowest BCUT2D eigenvalue weighted by Gasteiger charge is -2.18. The van der Waals surface area contributed by atoms with Gasteiger partial charge in [-0.25, -0.2) is 13.2 Å². The number of hydrogen-bond acceptors (Lipinski definition) is 2. The summed E-state index contributed by atoms with van der Waals surface area (Å²) in [4.78, 5) is 0. The van der Waals surface area contributed by atoms with Crippen LogP contribution in [0.3, 0.4) is 0 Å². The highest BCUT2D eigenvalue weighted by Crippen LogP contribution is 2.27. The van der Waals surface area contributed by atoms with Gasteiger partial charge >= 0.3 is 0 Å². The fraction of sp³-hybridized carbons (Fsp3) is 0.143. The molecule has 1 atom stereocenters. The van der Waals surface area contributed by atoms with E-state index in [0.29, 0.717) is 10.0 Å². The van der Waals surface area contributed by atoms with Gasteiger partial charge in [-0.3, -0.25) is 11.3 Å². The lowest BCUT2D eigenvalue weighted by Crippen LogP contribution is -2.30. The van der Waals surface area contributed by atoms with Gasteiger partial charge in [-0.1, -0.05) is 33.6 Å². The Morgan fingerprint density at radius 1 is 1.10 bits per heavy atom. The van der Waals surface area contributed by atoms with E-state index in [1.807, 2.05) is 0 Å². The summed E-state index contributed by atoms with van der Waals surface area (Å²) in [7, 11) is 0. The number of hydrogen-bond donors (Lipinski definition) is 2. The number of halogens is 5. The number of hydrazine groups is 1. The van der Waals surface area contributed by atoms with Crippen LogP contribution < -0.4 is 11.3 Å². The molecule has 0 saturated heterocycles. The van der Waals surface area contributed by atoms with E-state index >= 15 is 0 Å². The standard InChI is InChI=1S/C14H11BrClF3N2/c15-8-2-1-7(11(17)4-8)3-14(21-20)9-5-13(19)10(16)6-12(9)18/h1-2,4-6,14,21H,3,20H2. The van der Waals surface area contributed by atoms with Crippen molar-refractivity contribution in [2.75, 3.05) is 0 Å². The molecule has 0 heterocycles.